The molecule has 78 valence electrons. The molecule has 0 spiro atoms. The molecule has 0 aromatic rings. The molecule has 0 radical (unpaired) electrons. The third-order valence-corrected chi connectivity index (χ3v) is 2.94. The highest BCUT2D eigenvalue weighted by molar-refractivity contribution is 5.75. The highest BCUT2D eigenvalue weighted by Gasteiger charge is 2.48. The minimum absolute atomic E-state index is 0.0522. The molecule has 14 heavy (non-hydrogen) atoms. The lowest BCUT2D eigenvalue weighted by Gasteiger charge is -2.29. The fourth-order valence-electron chi connectivity index (χ4n) is 2.32. The van der Waals surface area contributed by atoms with E-state index in [4.69, 9.17) is 14.6 Å². The van der Waals surface area contributed by atoms with Crippen LogP contribution in [-0.4, -0.2) is 29.4 Å². The van der Waals surface area contributed by atoms with Gasteiger partial charge in [0.25, 0.3) is 0 Å². The van der Waals surface area contributed by atoms with E-state index >= 15 is 0 Å². The molecule has 0 amide bonds. The third kappa shape index (κ3) is 1.42. The topological polar surface area (TPSA) is 72.8 Å². The largest absolute Gasteiger partial charge is 0.506 e. The van der Waals surface area contributed by atoms with Crippen LogP contribution in [0.2, 0.25) is 0 Å². The Morgan fingerprint density at radius 1 is 1.57 bits per heavy atom. The van der Waals surface area contributed by atoms with Crippen LogP contribution in [0, 0.1) is 11.8 Å². The molecule has 1 aliphatic heterocycles. The minimum atomic E-state index is -1.30. The summed E-state index contributed by atoms with van der Waals surface area (Å²) in [7, 11) is 0. The molecular formula is C9H12O5. The molecule has 0 aromatic heterocycles. The van der Waals surface area contributed by atoms with Crippen molar-refractivity contribution in [1.29, 1.82) is 0 Å². The summed E-state index contributed by atoms with van der Waals surface area (Å²) in [6, 6.07) is 0. The Balaban J connectivity index is 2.10. The van der Waals surface area contributed by atoms with Gasteiger partial charge in [-0.25, -0.2) is 4.79 Å². The van der Waals surface area contributed by atoms with Crippen molar-refractivity contribution in [1.82, 2.24) is 0 Å². The summed E-state index contributed by atoms with van der Waals surface area (Å²) in [5, 5.41) is 8.51. The second-order valence-electron chi connectivity index (χ2n) is 3.97. The predicted octanol–water partition coefficient (Wildman–Crippen LogP) is 1.02. The van der Waals surface area contributed by atoms with Gasteiger partial charge in [0.1, 0.15) is 12.2 Å². The summed E-state index contributed by atoms with van der Waals surface area (Å²) < 4.78 is 9.76. The van der Waals surface area contributed by atoms with Crippen LogP contribution < -0.4 is 0 Å². The van der Waals surface area contributed by atoms with Crippen molar-refractivity contribution in [2.75, 3.05) is 0 Å². The maximum absolute atomic E-state index is 11.2. The van der Waals surface area contributed by atoms with E-state index in [9.17, 15) is 9.59 Å². The maximum atomic E-state index is 11.2. The summed E-state index contributed by atoms with van der Waals surface area (Å²) >= 11 is 0. The number of rotatable bonds is 1. The number of carboxylic acid groups (broad SMARTS) is 1. The van der Waals surface area contributed by atoms with Crippen molar-refractivity contribution in [3.05, 3.63) is 0 Å². The van der Waals surface area contributed by atoms with Crippen LogP contribution in [0.5, 0.6) is 0 Å². The first-order chi connectivity index (χ1) is 6.58. The number of fused-ring (bicyclic) bond motifs is 2. The number of esters is 1. The summed E-state index contributed by atoms with van der Waals surface area (Å²) in [5.74, 6) is -0.205. The standard InChI is InChI=1S/C9H12O5/c1-4-2-5-3-6(13-8(5)10)7(4)14-9(11)12/h4-7H,2-3H2,1H3,(H,11,12). The van der Waals surface area contributed by atoms with Gasteiger partial charge in [-0.1, -0.05) is 6.92 Å². The van der Waals surface area contributed by atoms with Gasteiger partial charge in [-0.2, -0.15) is 0 Å². The minimum Gasteiger partial charge on any atom is -0.458 e. The Morgan fingerprint density at radius 2 is 2.29 bits per heavy atom. The van der Waals surface area contributed by atoms with Gasteiger partial charge < -0.3 is 14.6 Å². The second kappa shape index (κ2) is 3.15. The summed E-state index contributed by atoms with van der Waals surface area (Å²) in [4.78, 5) is 21.6. The molecule has 1 saturated carbocycles. The quantitative estimate of drug-likeness (QED) is 0.640. The Bertz CT molecular complexity index is 274. The third-order valence-electron chi connectivity index (χ3n) is 2.94. The van der Waals surface area contributed by atoms with E-state index in [2.05, 4.69) is 0 Å². The van der Waals surface area contributed by atoms with Gasteiger partial charge in [0, 0.05) is 6.42 Å². The molecule has 0 aromatic carbocycles. The van der Waals surface area contributed by atoms with Crippen LogP contribution >= 0.6 is 0 Å². The van der Waals surface area contributed by atoms with Gasteiger partial charge >= 0.3 is 12.1 Å². The molecule has 2 bridgehead atoms. The Kier molecular flexibility index (Phi) is 2.09. The zero-order valence-corrected chi connectivity index (χ0v) is 7.80. The van der Waals surface area contributed by atoms with Gasteiger partial charge in [0.15, 0.2) is 0 Å². The zero-order chi connectivity index (χ0) is 10.3. The van der Waals surface area contributed by atoms with Crippen molar-refractivity contribution < 1.29 is 24.2 Å². The molecule has 4 unspecified atom stereocenters. The van der Waals surface area contributed by atoms with Gasteiger partial charge in [-0.15, -0.1) is 0 Å². The van der Waals surface area contributed by atoms with Crippen molar-refractivity contribution in [2.45, 2.75) is 32.0 Å². The van der Waals surface area contributed by atoms with Gasteiger partial charge in [-0.3, -0.25) is 4.79 Å². The van der Waals surface area contributed by atoms with E-state index in [-0.39, 0.29) is 23.9 Å². The van der Waals surface area contributed by atoms with Crippen LogP contribution in [0.15, 0.2) is 0 Å². The molecule has 1 heterocycles. The fraction of sp³-hybridized carbons (Fsp3) is 0.778. The van der Waals surface area contributed by atoms with Crippen LogP contribution in [0.25, 0.3) is 0 Å². The fourth-order valence-corrected chi connectivity index (χ4v) is 2.32. The first kappa shape index (κ1) is 9.30. The monoisotopic (exact) mass is 200 g/mol. The van der Waals surface area contributed by atoms with Crippen LogP contribution in [-0.2, 0) is 14.3 Å². The maximum Gasteiger partial charge on any atom is 0.506 e. The normalized spacial score (nSPS) is 40.5. The second-order valence-corrected chi connectivity index (χ2v) is 3.97. The molecule has 5 nitrogen and oxygen atoms in total. The Hall–Kier alpha value is -1.26. The number of carbonyl (C=O) groups is 2. The average Bonchev–Trinajstić information content (AvgIpc) is 2.38. The van der Waals surface area contributed by atoms with E-state index in [1.165, 1.54) is 0 Å². The van der Waals surface area contributed by atoms with E-state index in [0.29, 0.717) is 12.8 Å². The van der Waals surface area contributed by atoms with E-state index in [0.717, 1.165) is 0 Å². The van der Waals surface area contributed by atoms with Crippen molar-refractivity contribution in [2.24, 2.45) is 11.8 Å². The molecule has 2 aliphatic rings. The van der Waals surface area contributed by atoms with Crippen LogP contribution in [0.1, 0.15) is 19.8 Å². The zero-order valence-electron chi connectivity index (χ0n) is 7.80. The van der Waals surface area contributed by atoms with Gasteiger partial charge in [0.05, 0.1) is 5.92 Å². The summed E-state index contributed by atoms with van der Waals surface area (Å²) in [6.07, 6.45) is -0.903. The molecular weight excluding hydrogens is 188 g/mol. The van der Waals surface area contributed by atoms with Crippen LogP contribution in [0.3, 0.4) is 0 Å². The molecule has 1 saturated heterocycles. The Morgan fingerprint density at radius 3 is 2.93 bits per heavy atom. The van der Waals surface area contributed by atoms with Crippen molar-refractivity contribution >= 4 is 12.1 Å². The van der Waals surface area contributed by atoms with E-state index in [1.54, 1.807) is 0 Å². The van der Waals surface area contributed by atoms with Crippen molar-refractivity contribution in [3.63, 3.8) is 0 Å². The summed E-state index contributed by atoms with van der Waals surface area (Å²) in [5.41, 5.74) is 0. The molecule has 1 N–H and O–H groups in total. The van der Waals surface area contributed by atoms with Gasteiger partial charge in [-0.05, 0) is 12.3 Å². The smallest absolute Gasteiger partial charge is 0.458 e. The number of hydrogen-bond donors (Lipinski definition) is 1. The summed E-state index contributed by atoms with van der Waals surface area (Å²) in [6.45, 7) is 1.88. The number of ether oxygens (including phenoxy) is 2. The van der Waals surface area contributed by atoms with E-state index < -0.39 is 12.3 Å². The lowest BCUT2D eigenvalue weighted by molar-refractivity contribution is -0.146. The predicted molar refractivity (Wildman–Crippen MR) is 44.7 cm³/mol. The highest BCUT2D eigenvalue weighted by Crippen LogP contribution is 2.39. The molecule has 4 atom stereocenters. The number of carbonyl (C=O) groups excluding carboxylic acids is 1. The van der Waals surface area contributed by atoms with Gasteiger partial charge in [0.2, 0.25) is 0 Å². The average molecular weight is 200 g/mol. The molecule has 5 heteroatoms. The highest BCUT2D eigenvalue weighted by atomic mass is 16.7. The lowest BCUT2D eigenvalue weighted by atomic mass is 9.81. The van der Waals surface area contributed by atoms with Crippen molar-refractivity contribution in [3.8, 4) is 0 Å². The van der Waals surface area contributed by atoms with Crippen LogP contribution in [0.4, 0.5) is 4.79 Å². The molecule has 1 aliphatic carbocycles. The Labute approximate surface area is 81.0 Å². The molecule has 2 rings (SSSR count). The lowest BCUT2D eigenvalue weighted by Crippen LogP contribution is -2.39. The van der Waals surface area contributed by atoms with E-state index in [1.807, 2.05) is 6.92 Å². The first-order valence-corrected chi connectivity index (χ1v) is 4.68. The number of hydrogen-bond acceptors (Lipinski definition) is 4. The molecule has 2 fully saturated rings. The first-order valence-electron chi connectivity index (χ1n) is 4.68. The SMILES string of the molecule is CC1CC2CC(OC2=O)C1OC(=O)O.